The first-order valence-corrected chi connectivity index (χ1v) is 7.68. The highest BCUT2D eigenvalue weighted by molar-refractivity contribution is 6.02. The van der Waals surface area contributed by atoms with Crippen molar-refractivity contribution in [3.63, 3.8) is 0 Å². The smallest absolute Gasteiger partial charge is 0.335 e. The molecule has 126 valence electrons. The van der Waals surface area contributed by atoms with Gasteiger partial charge >= 0.3 is 5.97 Å². The van der Waals surface area contributed by atoms with Crippen LogP contribution < -0.4 is 5.32 Å². The molecular formula is C18H20N2O4. The molecule has 0 saturated carbocycles. The number of ketones is 1. The summed E-state index contributed by atoms with van der Waals surface area (Å²) in [4.78, 5) is 38.0. The molecule has 0 aliphatic heterocycles. The zero-order valence-electron chi connectivity index (χ0n) is 13.9. The van der Waals surface area contributed by atoms with E-state index in [1.807, 2.05) is 6.92 Å². The molecule has 0 aliphatic rings. The van der Waals surface area contributed by atoms with Gasteiger partial charge in [0.1, 0.15) is 5.69 Å². The second kappa shape index (κ2) is 7.12. The lowest BCUT2D eigenvalue weighted by Gasteiger charge is -2.07. The van der Waals surface area contributed by atoms with E-state index in [0.717, 1.165) is 11.1 Å². The lowest BCUT2D eigenvalue weighted by Crippen LogP contribution is -2.24. The first-order valence-electron chi connectivity index (χ1n) is 7.68. The third kappa shape index (κ3) is 3.53. The Morgan fingerprint density at radius 3 is 2.29 bits per heavy atom. The van der Waals surface area contributed by atoms with Crippen LogP contribution in [0.2, 0.25) is 0 Å². The fourth-order valence-electron chi connectivity index (χ4n) is 2.74. The van der Waals surface area contributed by atoms with Crippen LogP contribution in [-0.4, -0.2) is 27.8 Å². The number of aromatic nitrogens is 1. The summed E-state index contributed by atoms with van der Waals surface area (Å²) in [6, 6.07) is 6.30. The normalized spacial score (nSPS) is 10.5. The number of hydrogen-bond acceptors (Lipinski definition) is 3. The van der Waals surface area contributed by atoms with Crippen LogP contribution in [0.15, 0.2) is 24.3 Å². The summed E-state index contributed by atoms with van der Waals surface area (Å²) in [7, 11) is 0. The highest BCUT2D eigenvalue weighted by Crippen LogP contribution is 2.20. The standard InChI is InChI=1S/C18H20N2O4/c1-4-14-15(11(3)21)10(2)20-16(14)17(22)19-9-12-5-7-13(8-6-12)18(23)24/h5-8,20H,4,9H2,1-3H3,(H,19,22)(H,23,24). The van der Waals surface area contributed by atoms with Gasteiger partial charge < -0.3 is 15.4 Å². The molecule has 0 aliphatic carbocycles. The molecule has 0 bridgehead atoms. The zero-order valence-corrected chi connectivity index (χ0v) is 13.9. The molecule has 1 aromatic heterocycles. The van der Waals surface area contributed by atoms with E-state index in [1.54, 1.807) is 19.1 Å². The molecule has 6 heteroatoms. The highest BCUT2D eigenvalue weighted by Gasteiger charge is 2.21. The molecule has 1 amide bonds. The molecule has 1 heterocycles. The average Bonchev–Trinajstić information content (AvgIpc) is 2.89. The number of aromatic amines is 1. The van der Waals surface area contributed by atoms with E-state index in [0.29, 0.717) is 23.4 Å². The monoisotopic (exact) mass is 328 g/mol. The van der Waals surface area contributed by atoms with E-state index < -0.39 is 5.97 Å². The Morgan fingerprint density at radius 1 is 1.17 bits per heavy atom. The van der Waals surface area contributed by atoms with Crippen molar-refractivity contribution in [1.29, 1.82) is 0 Å². The van der Waals surface area contributed by atoms with Gasteiger partial charge in [0.05, 0.1) is 5.56 Å². The van der Waals surface area contributed by atoms with Crippen LogP contribution >= 0.6 is 0 Å². The maximum atomic E-state index is 12.4. The van der Waals surface area contributed by atoms with E-state index in [1.165, 1.54) is 19.1 Å². The number of aromatic carboxylic acids is 1. The Labute approximate surface area is 139 Å². The number of rotatable bonds is 6. The number of Topliss-reactive ketones (excluding diaryl/α,β-unsaturated/α-hetero) is 1. The van der Waals surface area contributed by atoms with Gasteiger partial charge in [-0.05, 0) is 43.5 Å². The molecule has 0 unspecified atom stereocenters. The summed E-state index contributed by atoms with van der Waals surface area (Å²) in [6.07, 6.45) is 0.579. The number of carbonyl (C=O) groups excluding carboxylic acids is 2. The Hall–Kier alpha value is -2.89. The van der Waals surface area contributed by atoms with Crippen molar-refractivity contribution in [1.82, 2.24) is 10.3 Å². The Balaban J connectivity index is 2.14. The zero-order chi connectivity index (χ0) is 17.9. The van der Waals surface area contributed by atoms with Crippen molar-refractivity contribution in [3.05, 3.63) is 57.9 Å². The van der Waals surface area contributed by atoms with Crippen LogP contribution in [0.4, 0.5) is 0 Å². The summed E-state index contributed by atoms with van der Waals surface area (Å²) in [5, 5.41) is 11.7. The Morgan fingerprint density at radius 2 is 1.79 bits per heavy atom. The number of benzene rings is 1. The van der Waals surface area contributed by atoms with Crippen LogP contribution in [0.5, 0.6) is 0 Å². The number of carboxylic acid groups (broad SMARTS) is 1. The fraction of sp³-hybridized carbons (Fsp3) is 0.278. The van der Waals surface area contributed by atoms with Gasteiger partial charge in [-0.25, -0.2) is 4.79 Å². The van der Waals surface area contributed by atoms with Gasteiger partial charge in [-0.2, -0.15) is 0 Å². The van der Waals surface area contributed by atoms with Gasteiger partial charge in [0.25, 0.3) is 5.91 Å². The van der Waals surface area contributed by atoms with Crippen LogP contribution in [-0.2, 0) is 13.0 Å². The van der Waals surface area contributed by atoms with Crippen LogP contribution in [0, 0.1) is 6.92 Å². The van der Waals surface area contributed by atoms with Gasteiger partial charge in [0, 0.05) is 17.8 Å². The molecule has 0 spiro atoms. The third-order valence-corrected chi connectivity index (χ3v) is 3.88. The molecule has 24 heavy (non-hydrogen) atoms. The predicted molar refractivity (Wildman–Crippen MR) is 89.5 cm³/mol. The Bertz CT molecular complexity index is 788. The largest absolute Gasteiger partial charge is 0.478 e. The molecule has 0 radical (unpaired) electrons. The maximum absolute atomic E-state index is 12.4. The Kier molecular flexibility index (Phi) is 5.18. The van der Waals surface area contributed by atoms with Gasteiger partial charge in [-0.1, -0.05) is 19.1 Å². The maximum Gasteiger partial charge on any atom is 0.335 e. The summed E-state index contributed by atoms with van der Waals surface area (Å²) >= 11 is 0. The quantitative estimate of drug-likeness (QED) is 0.710. The van der Waals surface area contributed by atoms with Crippen molar-refractivity contribution in [2.45, 2.75) is 33.7 Å². The molecular weight excluding hydrogens is 308 g/mol. The summed E-state index contributed by atoms with van der Waals surface area (Å²) in [5.41, 5.74) is 3.38. The van der Waals surface area contributed by atoms with E-state index >= 15 is 0 Å². The van der Waals surface area contributed by atoms with E-state index in [-0.39, 0.29) is 23.8 Å². The number of aryl methyl sites for hydroxylation is 1. The number of nitrogens with one attached hydrogen (secondary N) is 2. The van der Waals surface area contributed by atoms with Gasteiger partial charge in [-0.3, -0.25) is 9.59 Å². The molecule has 0 fully saturated rings. The van der Waals surface area contributed by atoms with Crippen LogP contribution in [0.25, 0.3) is 0 Å². The van der Waals surface area contributed by atoms with Gasteiger partial charge in [0.15, 0.2) is 5.78 Å². The minimum atomic E-state index is -0.989. The number of H-pyrrole nitrogens is 1. The lowest BCUT2D eigenvalue weighted by molar-refractivity contribution is 0.0696. The average molecular weight is 328 g/mol. The second-order valence-electron chi connectivity index (χ2n) is 5.57. The molecule has 2 aromatic rings. The number of amides is 1. The summed E-state index contributed by atoms with van der Waals surface area (Å²) in [6.45, 7) is 5.43. The SMILES string of the molecule is CCc1c(C(=O)NCc2ccc(C(=O)O)cc2)[nH]c(C)c1C(C)=O. The molecule has 3 N–H and O–H groups in total. The predicted octanol–water partition coefficient (Wildman–Crippen LogP) is 2.72. The molecule has 6 nitrogen and oxygen atoms in total. The minimum absolute atomic E-state index is 0.0658. The third-order valence-electron chi connectivity index (χ3n) is 3.88. The first-order chi connectivity index (χ1) is 11.3. The van der Waals surface area contributed by atoms with Crippen molar-refractivity contribution >= 4 is 17.7 Å². The van der Waals surface area contributed by atoms with E-state index in [2.05, 4.69) is 10.3 Å². The van der Waals surface area contributed by atoms with Crippen molar-refractivity contribution in [2.24, 2.45) is 0 Å². The highest BCUT2D eigenvalue weighted by atomic mass is 16.4. The molecule has 0 saturated heterocycles. The number of carbonyl (C=O) groups is 3. The van der Waals surface area contributed by atoms with Gasteiger partial charge in [0.2, 0.25) is 0 Å². The van der Waals surface area contributed by atoms with Crippen LogP contribution in [0.1, 0.15) is 61.9 Å². The number of hydrogen-bond donors (Lipinski definition) is 3. The minimum Gasteiger partial charge on any atom is -0.478 e. The first kappa shape index (κ1) is 17.5. The molecule has 2 rings (SSSR count). The fourth-order valence-corrected chi connectivity index (χ4v) is 2.74. The lowest BCUT2D eigenvalue weighted by atomic mass is 10.0. The van der Waals surface area contributed by atoms with E-state index in [4.69, 9.17) is 5.11 Å². The molecule has 1 aromatic carbocycles. The second-order valence-corrected chi connectivity index (χ2v) is 5.57. The topological polar surface area (TPSA) is 99.3 Å². The number of carboxylic acids is 1. The van der Waals surface area contributed by atoms with Crippen molar-refractivity contribution < 1.29 is 19.5 Å². The van der Waals surface area contributed by atoms with Crippen molar-refractivity contribution in [3.8, 4) is 0 Å². The van der Waals surface area contributed by atoms with E-state index in [9.17, 15) is 14.4 Å². The summed E-state index contributed by atoms with van der Waals surface area (Å²) in [5.74, 6) is -1.34. The van der Waals surface area contributed by atoms with Crippen molar-refractivity contribution in [2.75, 3.05) is 0 Å². The summed E-state index contributed by atoms with van der Waals surface area (Å²) < 4.78 is 0. The molecule has 0 atom stereocenters. The van der Waals surface area contributed by atoms with Gasteiger partial charge in [-0.15, -0.1) is 0 Å². The van der Waals surface area contributed by atoms with Crippen LogP contribution in [0.3, 0.4) is 0 Å².